The fraction of sp³-hybridized carbons (Fsp3) is 0.533. The number of carbonyl (C=O) groups is 1. The Labute approximate surface area is 131 Å². The Kier molecular flexibility index (Phi) is 4.49. The summed E-state index contributed by atoms with van der Waals surface area (Å²) < 4.78 is 37.2. The number of esters is 1. The van der Waals surface area contributed by atoms with E-state index in [9.17, 15) is 13.2 Å². The number of hydrogen-bond donors (Lipinski definition) is 0. The molecule has 7 heteroatoms. The van der Waals surface area contributed by atoms with Crippen molar-refractivity contribution in [1.29, 1.82) is 0 Å². The highest BCUT2D eigenvalue weighted by atomic mass is 32.2. The zero-order chi connectivity index (χ0) is 16.5. The van der Waals surface area contributed by atoms with Crippen molar-refractivity contribution in [3.8, 4) is 5.75 Å². The molecule has 0 saturated carbocycles. The predicted molar refractivity (Wildman–Crippen MR) is 81.1 cm³/mol. The third-order valence-corrected chi connectivity index (χ3v) is 5.52. The van der Waals surface area contributed by atoms with Crippen molar-refractivity contribution in [3.63, 3.8) is 0 Å². The van der Waals surface area contributed by atoms with E-state index in [1.807, 2.05) is 13.8 Å². The van der Waals surface area contributed by atoms with E-state index < -0.39 is 21.5 Å². The monoisotopic (exact) mass is 327 g/mol. The number of carbonyl (C=O) groups excluding carboxylic acids is 1. The van der Waals surface area contributed by atoms with Gasteiger partial charge in [-0.05, 0) is 52.0 Å². The largest absolute Gasteiger partial charge is 0.491 e. The van der Waals surface area contributed by atoms with Gasteiger partial charge in [-0.2, -0.15) is 4.31 Å². The van der Waals surface area contributed by atoms with Crippen LogP contribution in [0.4, 0.5) is 0 Å². The van der Waals surface area contributed by atoms with Crippen molar-refractivity contribution in [1.82, 2.24) is 4.31 Å². The highest BCUT2D eigenvalue weighted by Gasteiger charge is 2.46. The number of nitrogens with zero attached hydrogens (tertiary/aromatic N) is 1. The molecule has 1 aromatic carbocycles. The van der Waals surface area contributed by atoms with E-state index in [1.54, 1.807) is 26.0 Å². The molecule has 1 aromatic rings. The van der Waals surface area contributed by atoms with E-state index >= 15 is 0 Å². The van der Waals surface area contributed by atoms with Crippen LogP contribution < -0.4 is 4.74 Å². The van der Waals surface area contributed by atoms with E-state index in [-0.39, 0.29) is 24.2 Å². The first-order valence-electron chi connectivity index (χ1n) is 7.12. The molecule has 6 nitrogen and oxygen atoms in total. The number of benzene rings is 1. The van der Waals surface area contributed by atoms with Gasteiger partial charge in [-0.3, -0.25) is 4.79 Å². The molecule has 0 N–H and O–H groups in total. The summed E-state index contributed by atoms with van der Waals surface area (Å²) >= 11 is 0. The predicted octanol–water partition coefficient (Wildman–Crippen LogP) is 1.80. The smallest absolute Gasteiger partial charge is 0.327 e. The van der Waals surface area contributed by atoms with Gasteiger partial charge in [0, 0.05) is 6.54 Å². The SMILES string of the molecule is CC(C)Oc1ccc(S(=O)(=O)N2CCOC(=O)C2(C)C)cc1. The van der Waals surface area contributed by atoms with E-state index in [2.05, 4.69) is 0 Å². The molecule has 2 rings (SSSR count). The van der Waals surface area contributed by atoms with Crippen molar-refractivity contribution in [3.05, 3.63) is 24.3 Å². The molecule has 1 aliphatic heterocycles. The molecule has 1 saturated heterocycles. The van der Waals surface area contributed by atoms with Crippen molar-refractivity contribution in [2.45, 2.75) is 44.2 Å². The average Bonchev–Trinajstić information content (AvgIpc) is 2.41. The summed E-state index contributed by atoms with van der Waals surface area (Å²) in [4.78, 5) is 12.0. The zero-order valence-electron chi connectivity index (χ0n) is 13.2. The summed E-state index contributed by atoms with van der Waals surface area (Å²) in [6.07, 6.45) is 0.0123. The molecular formula is C15H21NO5S. The minimum atomic E-state index is -3.77. The topological polar surface area (TPSA) is 72.9 Å². The molecule has 1 heterocycles. The van der Waals surface area contributed by atoms with Crippen LogP contribution in [0.5, 0.6) is 5.75 Å². The van der Waals surface area contributed by atoms with Crippen molar-refractivity contribution in [2.24, 2.45) is 0 Å². The minimum absolute atomic E-state index is 0.0123. The standard InChI is InChI=1S/C15H21NO5S/c1-11(2)21-12-5-7-13(8-6-12)22(18,19)16-9-10-20-14(17)15(16,3)4/h5-8,11H,9-10H2,1-4H3. The first kappa shape index (κ1) is 16.8. The quantitative estimate of drug-likeness (QED) is 0.789. The zero-order valence-corrected chi connectivity index (χ0v) is 14.0. The minimum Gasteiger partial charge on any atom is -0.491 e. The Morgan fingerprint density at radius 2 is 1.82 bits per heavy atom. The van der Waals surface area contributed by atoms with Crippen LogP contribution >= 0.6 is 0 Å². The summed E-state index contributed by atoms with van der Waals surface area (Å²) in [6, 6.07) is 6.20. The Morgan fingerprint density at radius 3 is 2.36 bits per heavy atom. The first-order valence-corrected chi connectivity index (χ1v) is 8.56. The van der Waals surface area contributed by atoms with E-state index in [0.29, 0.717) is 5.75 Å². The van der Waals surface area contributed by atoms with Crippen molar-refractivity contribution < 1.29 is 22.7 Å². The number of morpholine rings is 1. The second kappa shape index (κ2) is 5.89. The highest BCUT2D eigenvalue weighted by molar-refractivity contribution is 7.89. The number of cyclic esters (lactones) is 1. The summed E-state index contributed by atoms with van der Waals surface area (Å²) in [5, 5.41) is 0. The first-order chi connectivity index (χ1) is 10.2. The second-order valence-electron chi connectivity index (χ2n) is 5.91. The van der Waals surface area contributed by atoms with Crippen LogP contribution in [0.15, 0.2) is 29.2 Å². The van der Waals surface area contributed by atoms with Crippen LogP contribution in [0.2, 0.25) is 0 Å². The fourth-order valence-corrected chi connectivity index (χ4v) is 4.01. The normalized spacial score (nSPS) is 19.0. The Bertz CT molecular complexity index is 649. The van der Waals surface area contributed by atoms with Crippen LogP contribution in [0.1, 0.15) is 27.7 Å². The number of rotatable bonds is 4. The maximum atomic E-state index is 12.8. The van der Waals surface area contributed by atoms with Crippen molar-refractivity contribution >= 4 is 16.0 Å². The third kappa shape index (κ3) is 3.10. The summed E-state index contributed by atoms with van der Waals surface area (Å²) in [5.74, 6) is 0.0633. The third-order valence-electron chi connectivity index (χ3n) is 3.43. The van der Waals surface area contributed by atoms with Gasteiger partial charge in [0.2, 0.25) is 10.0 Å². The number of ether oxygens (including phenoxy) is 2. The lowest BCUT2D eigenvalue weighted by atomic mass is 10.1. The Balaban J connectivity index is 2.32. The van der Waals surface area contributed by atoms with E-state index in [4.69, 9.17) is 9.47 Å². The van der Waals surface area contributed by atoms with Gasteiger partial charge in [0.25, 0.3) is 0 Å². The highest BCUT2D eigenvalue weighted by Crippen LogP contribution is 2.29. The van der Waals surface area contributed by atoms with Gasteiger partial charge in [-0.25, -0.2) is 8.42 Å². The van der Waals surface area contributed by atoms with E-state index in [1.165, 1.54) is 16.4 Å². The molecule has 22 heavy (non-hydrogen) atoms. The van der Waals surface area contributed by atoms with Gasteiger partial charge >= 0.3 is 5.97 Å². The lowest BCUT2D eigenvalue weighted by Gasteiger charge is -2.38. The Morgan fingerprint density at radius 1 is 1.23 bits per heavy atom. The Hall–Kier alpha value is -1.60. The molecule has 0 unspecified atom stereocenters. The van der Waals surface area contributed by atoms with Crippen molar-refractivity contribution in [2.75, 3.05) is 13.2 Å². The molecule has 0 spiro atoms. The maximum absolute atomic E-state index is 12.8. The van der Waals surface area contributed by atoms with Crippen LogP contribution in [0.25, 0.3) is 0 Å². The molecule has 0 aromatic heterocycles. The van der Waals surface area contributed by atoms with Gasteiger partial charge in [0.15, 0.2) is 0 Å². The van der Waals surface area contributed by atoms with Gasteiger partial charge in [0.1, 0.15) is 17.9 Å². The summed E-state index contributed by atoms with van der Waals surface area (Å²) in [5.41, 5.74) is -1.22. The van der Waals surface area contributed by atoms with Crippen LogP contribution in [-0.2, 0) is 19.6 Å². The molecule has 0 radical (unpaired) electrons. The van der Waals surface area contributed by atoms with Gasteiger partial charge in [0.05, 0.1) is 11.0 Å². The lowest BCUT2D eigenvalue weighted by molar-refractivity contribution is -0.160. The second-order valence-corrected chi connectivity index (χ2v) is 7.77. The number of sulfonamides is 1. The molecule has 0 amide bonds. The summed E-state index contributed by atoms with van der Waals surface area (Å²) in [7, 11) is -3.77. The molecule has 1 fully saturated rings. The van der Waals surface area contributed by atoms with Gasteiger partial charge in [-0.15, -0.1) is 0 Å². The average molecular weight is 327 g/mol. The molecular weight excluding hydrogens is 306 g/mol. The van der Waals surface area contributed by atoms with E-state index in [0.717, 1.165) is 0 Å². The maximum Gasteiger partial charge on any atom is 0.327 e. The van der Waals surface area contributed by atoms with Gasteiger partial charge < -0.3 is 9.47 Å². The summed E-state index contributed by atoms with van der Waals surface area (Å²) in [6.45, 7) is 7.09. The number of hydrogen-bond acceptors (Lipinski definition) is 5. The molecule has 122 valence electrons. The fourth-order valence-electron chi connectivity index (χ4n) is 2.29. The van der Waals surface area contributed by atoms with Gasteiger partial charge in [-0.1, -0.05) is 0 Å². The molecule has 0 bridgehead atoms. The lowest BCUT2D eigenvalue weighted by Crippen LogP contribution is -2.58. The van der Waals surface area contributed by atoms with Crippen LogP contribution in [0, 0.1) is 0 Å². The molecule has 0 aliphatic carbocycles. The molecule has 0 atom stereocenters. The molecule has 1 aliphatic rings. The van der Waals surface area contributed by atoms with Crippen LogP contribution in [-0.4, -0.2) is 43.5 Å². The van der Waals surface area contributed by atoms with Crippen LogP contribution in [0.3, 0.4) is 0 Å².